The Labute approximate surface area is 140 Å². The average molecular weight is 337 g/mol. The maximum atomic E-state index is 12.6. The molecule has 0 spiro atoms. The highest BCUT2D eigenvalue weighted by molar-refractivity contribution is 5.30. The van der Waals surface area contributed by atoms with Crippen LogP contribution in [-0.2, 0) is 6.18 Å². The van der Waals surface area contributed by atoms with Gasteiger partial charge in [-0.1, -0.05) is 30.3 Å². The summed E-state index contributed by atoms with van der Waals surface area (Å²) >= 11 is 0. The number of hydrogen-bond donors (Lipinski definition) is 0. The van der Waals surface area contributed by atoms with Gasteiger partial charge < -0.3 is 9.64 Å². The van der Waals surface area contributed by atoms with Gasteiger partial charge in [0.1, 0.15) is 11.9 Å². The number of hydrogen-bond acceptors (Lipinski definition) is 2. The first-order valence-corrected chi connectivity index (χ1v) is 7.90. The van der Waals surface area contributed by atoms with E-state index >= 15 is 0 Å². The Morgan fingerprint density at radius 1 is 0.958 bits per heavy atom. The molecule has 0 saturated heterocycles. The first-order valence-electron chi connectivity index (χ1n) is 7.90. The molecule has 2 rings (SSSR count). The van der Waals surface area contributed by atoms with E-state index in [1.54, 1.807) is 0 Å². The molecule has 0 fully saturated rings. The zero-order chi connectivity index (χ0) is 17.6. The van der Waals surface area contributed by atoms with Crippen molar-refractivity contribution in [2.45, 2.75) is 25.1 Å². The maximum absolute atomic E-state index is 12.6. The first kappa shape index (κ1) is 18.3. The monoisotopic (exact) mass is 337 g/mol. The molecule has 2 aromatic rings. The summed E-state index contributed by atoms with van der Waals surface area (Å²) in [6, 6.07) is 14.6. The van der Waals surface area contributed by atoms with Crippen molar-refractivity contribution in [1.82, 2.24) is 4.90 Å². The van der Waals surface area contributed by atoms with Crippen LogP contribution >= 0.6 is 0 Å². The molecule has 0 aliphatic heterocycles. The highest BCUT2D eigenvalue weighted by Crippen LogP contribution is 2.32. The third kappa shape index (κ3) is 5.57. The van der Waals surface area contributed by atoms with Gasteiger partial charge in [-0.3, -0.25) is 0 Å². The summed E-state index contributed by atoms with van der Waals surface area (Å²) in [7, 11) is 4.02. The van der Waals surface area contributed by atoms with Crippen LogP contribution in [0.5, 0.6) is 5.75 Å². The minimum atomic E-state index is -4.33. The van der Waals surface area contributed by atoms with E-state index in [0.717, 1.165) is 37.1 Å². The van der Waals surface area contributed by atoms with Gasteiger partial charge in [0.05, 0.1) is 5.56 Å². The van der Waals surface area contributed by atoms with Gasteiger partial charge in [0.25, 0.3) is 0 Å². The van der Waals surface area contributed by atoms with Crippen molar-refractivity contribution >= 4 is 0 Å². The molecule has 2 nitrogen and oxygen atoms in total. The van der Waals surface area contributed by atoms with Crippen LogP contribution in [0, 0.1) is 0 Å². The van der Waals surface area contributed by atoms with Crippen molar-refractivity contribution in [3.05, 3.63) is 65.7 Å². The van der Waals surface area contributed by atoms with E-state index in [1.165, 1.54) is 12.1 Å². The van der Waals surface area contributed by atoms with E-state index in [2.05, 4.69) is 4.90 Å². The second-order valence-electron chi connectivity index (χ2n) is 5.98. The van der Waals surface area contributed by atoms with Crippen molar-refractivity contribution < 1.29 is 17.9 Å². The molecule has 5 heteroatoms. The second-order valence-corrected chi connectivity index (χ2v) is 5.98. The van der Waals surface area contributed by atoms with Gasteiger partial charge in [-0.15, -0.1) is 0 Å². The minimum absolute atomic E-state index is 0.178. The predicted octanol–water partition coefficient (Wildman–Crippen LogP) is 5.17. The van der Waals surface area contributed by atoms with Crippen molar-refractivity contribution in [1.29, 1.82) is 0 Å². The molecule has 0 bridgehead atoms. The molecule has 0 saturated carbocycles. The van der Waals surface area contributed by atoms with E-state index in [4.69, 9.17) is 4.74 Å². The molecule has 0 aliphatic carbocycles. The normalized spacial score (nSPS) is 13.1. The molecule has 1 unspecified atom stereocenters. The summed E-state index contributed by atoms with van der Waals surface area (Å²) < 4.78 is 43.9. The summed E-state index contributed by atoms with van der Waals surface area (Å²) in [5, 5.41) is 0. The van der Waals surface area contributed by atoms with Gasteiger partial charge in [-0.05, 0) is 63.3 Å². The lowest BCUT2D eigenvalue weighted by Crippen LogP contribution is -2.15. The molecule has 0 radical (unpaired) electrons. The van der Waals surface area contributed by atoms with Crippen molar-refractivity contribution in [3.63, 3.8) is 0 Å². The van der Waals surface area contributed by atoms with Gasteiger partial charge in [0.15, 0.2) is 0 Å². The fraction of sp³-hybridized carbons (Fsp3) is 0.368. The largest absolute Gasteiger partial charge is 0.486 e. The van der Waals surface area contributed by atoms with Crippen molar-refractivity contribution in [2.24, 2.45) is 0 Å². The zero-order valence-electron chi connectivity index (χ0n) is 13.9. The van der Waals surface area contributed by atoms with Crippen molar-refractivity contribution in [2.75, 3.05) is 20.6 Å². The smallest absolute Gasteiger partial charge is 0.416 e. The fourth-order valence-corrected chi connectivity index (χ4v) is 2.44. The molecule has 130 valence electrons. The van der Waals surface area contributed by atoms with E-state index in [0.29, 0.717) is 5.75 Å². The Morgan fingerprint density at radius 2 is 1.58 bits per heavy atom. The Kier molecular flexibility index (Phi) is 6.26. The number of halogens is 3. The molecular formula is C19H22F3NO. The van der Waals surface area contributed by atoms with E-state index < -0.39 is 11.7 Å². The highest BCUT2D eigenvalue weighted by Gasteiger charge is 2.30. The molecule has 0 N–H and O–H groups in total. The van der Waals surface area contributed by atoms with E-state index in [1.807, 2.05) is 44.4 Å². The maximum Gasteiger partial charge on any atom is 0.416 e. The fourth-order valence-electron chi connectivity index (χ4n) is 2.44. The van der Waals surface area contributed by atoms with Crippen LogP contribution < -0.4 is 4.74 Å². The average Bonchev–Trinajstić information content (AvgIpc) is 2.54. The minimum Gasteiger partial charge on any atom is -0.486 e. The van der Waals surface area contributed by atoms with E-state index in [-0.39, 0.29) is 6.10 Å². The molecule has 0 amide bonds. The molecule has 1 atom stereocenters. The Balaban J connectivity index is 2.10. The number of rotatable bonds is 7. The lowest BCUT2D eigenvalue weighted by molar-refractivity contribution is -0.137. The second kappa shape index (κ2) is 8.20. The molecular weight excluding hydrogens is 315 g/mol. The summed E-state index contributed by atoms with van der Waals surface area (Å²) in [5.41, 5.74) is 0.356. The quantitative estimate of drug-likeness (QED) is 0.691. The third-order valence-electron chi connectivity index (χ3n) is 3.70. The van der Waals surface area contributed by atoms with Gasteiger partial charge >= 0.3 is 6.18 Å². The molecule has 0 aromatic heterocycles. The standard InChI is InChI=1S/C19H22F3NO/c1-23(2)14-6-9-18(15-7-4-3-5-8-15)24-17-12-10-16(11-13-17)19(20,21)22/h3-5,7-8,10-13,18H,6,9,14H2,1-2H3. The SMILES string of the molecule is CN(C)CCCC(Oc1ccc(C(F)(F)F)cc1)c1ccccc1. The van der Waals surface area contributed by atoms with Crippen LogP contribution in [-0.4, -0.2) is 25.5 Å². The first-order chi connectivity index (χ1) is 11.4. The van der Waals surface area contributed by atoms with Crippen LogP contribution in [0.1, 0.15) is 30.1 Å². The molecule has 0 aliphatic rings. The summed E-state index contributed by atoms with van der Waals surface area (Å²) in [4.78, 5) is 2.10. The van der Waals surface area contributed by atoms with Crippen molar-refractivity contribution in [3.8, 4) is 5.75 Å². The summed E-state index contributed by atoms with van der Waals surface area (Å²) in [6.07, 6.45) is -2.78. The predicted molar refractivity (Wildman–Crippen MR) is 89.0 cm³/mol. The number of alkyl halides is 3. The summed E-state index contributed by atoms with van der Waals surface area (Å²) in [5.74, 6) is 0.446. The molecule has 2 aromatic carbocycles. The molecule has 0 heterocycles. The van der Waals surface area contributed by atoms with Crippen LogP contribution in [0.3, 0.4) is 0 Å². The topological polar surface area (TPSA) is 12.5 Å². The molecule has 24 heavy (non-hydrogen) atoms. The van der Waals surface area contributed by atoms with Gasteiger partial charge in [-0.2, -0.15) is 13.2 Å². The number of benzene rings is 2. The number of ether oxygens (including phenoxy) is 1. The Hall–Kier alpha value is -2.01. The van der Waals surface area contributed by atoms with Crippen LogP contribution in [0.4, 0.5) is 13.2 Å². The summed E-state index contributed by atoms with van der Waals surface area (Å²) in [6.45, 7) is 0.930. The van der Waals surface area contributed by atoms with Gasteiger partial charge in [0, 0.05) is 0 Å². The van der Waals surface area contributed by atoms with Gasteiger partial charge in [-0.25, -0.2) is 0 Å². The lowest BCUT2D eigenvalue weighted by Gasteiger charge is -2.21. The lowest BCUT2D eigenvalue weighted by atomic mass is 10.0. The van der Waals surface area contributed by atoms with Crippen LogP contribution in [0.25, 0.3) is 0 Å². The third-order valence-corrected chi connectivity index (χ3v) is 3.70. The van der Waals surface area contributed by atoms with Crippen LogP contribution in [0.2, 0.25) is 0 Å². The highest BCUT2D eigenvalue weighted by atomic mass is 19.4. The van der Waals surface area contributed by atoms with Crippen LogP contribution in [0.15, 0.2) is 54.6 Å². The Bertz CT molecular complexity index is 609. The van der Waals surface area contributed by atoms with Gasteiger partial charge in [0.2, 0.25) is 0 Å². The van der Waals surface area contributed by atoms with E-state index in [9.17, 15) is 13.2 Å². The number of nitrogens with zero attached hydrogens (tertiary/aromatic N) is 1. The Morgan fingerprint density at radius 3 is 2.12 bits per heavy atom. The zero-order valence-corrected chi connectivity index (χ0v) is 13.9.